The van der Waals surface area contributed by atoms with E-state index < -0.39 is 48.1 Å². The Morgan fingerprint density at radius 3 is 1.52 bits per heavy atom. The highest BCUT2D eigenvalue weighted by molar-refractivity contribution is 7.92. The third-order valence-corrected chi connectivity index (χ3v) is 9.05. The average molecular weight is 444 g/mol. The number of rotatable bonds is 6. The fourth-order valence-electron chi connectivity index (χ4n) is 5.19. The molecule has 4 bridgehead atoms. The first-order chi connectivity index (χ1) is 12.0. The topological polar surface area (TPSA) is 88.5 Å². The van der Waals surface area contributed by atoms with Crippen molar-refractivity contribution < 1.29 is 47.7 Å². The van der Waals surface area contributed by atoms with Crippen LogP contribution in [-0.4, -0.2) is 43.6 Å². The third kappa shape index (κ3) is 2.98. The fourth-order valence-corrected chi connectivity index (χ4v) is 7.49. The maximum atomic E-state index is 14.0. The van der Waals surface area contributed by atoms with Crippen LogP contribution in [0.15, 0.2) is 0 Å². The van der Waals surface area contributed by atoms with Gasteiger partial charge in [-0.15, -0.1) is 0 Å². The van der Waals surface area contributed by atoms with E-state index in [1.54, 1.807) is 0 Å². The molecule has 0 unspecified atom stereocenters. The predicted octanol–water partition coefficient (Wildman–Crippen LogP) is 3.18. The molecule has 0 saturated heterocycles. The van der Waals surface area contributed by atoms with Crippen molar-refractivity contribution in [2.45, 2.75) is 48.5 Å². The number of hydrogen-bond donors (Lipinski definition) is 1. The Bertz CT molecular complexity index is 795. The molecule has 0 aromatic rings. The monoisotopic (exact) mass is 444 g/mol. The lowest BCUT2D eigenvalue weighted by molar-refractivity contribution is -0.245. The Morgan fingerprint density at radius 2 is 1.15 bits per heavy atom. The van der Waals surface area contributed by atoms with Crippen LogP contribution in [0.25, 0.3) is 0 Å². The number of alkyl halides is 6. The fraction of sp³-hybridized carbons (Fsp3) is 1.00. The van der Waals surface area contributed by atoms with Crippen LogP contribution >= 0.6 is 0 Å². The van der Waals surface area contributed by atoms with E-state index in [4.69, 9.17) is 4.55 Å². The maximum absolute atomic E-state index is 14.0. The molecule has 5 nitrogen and oxygen atoms in total. The van der Waals surface area contributed by atoms with E-state index in [1.165, 1.54) is 0 Å². The SMILES string of the molecule is O=S(=O)(O)C(F)(F)C(F)(F)C(F)(F)S(=O)(=O)CC1C2CC3CC(C2)CC1C3. The van der Waals surface area contributed by atoms with E-state index >= 15 is 0 Å². The maximum Gasteiger partial charge on any atom is 0.439 e. The molecule has 27 heavy (non-hydrogen) atoms. The molecule has 0 aromatic heterocycles. The molecule has 0 aromatic carbocycles. The summed E-state index contributed by atoms with van der Waals surface area (Å²) >= 11 is 0. The van der Waals surface area contributed by atoms with Gasteiger partial charge in [-0.3, -0.25) is 4.55 Å². The molecule has 4 aliphatic rings. The van der Waals surface area contributed by atoms with Gasteiger partial charge >= 0.3 is 26.5 Å². The van der Waals surface area contributed by atoms with E-state index in [1.807, 2.05) is 0 Å². The van der Waals surface area contributed by atoms with Gasteiger partial charge in [-0.25, -0.2) is 8.42 Å². The predicted molar refractivity (Wildman–Crippen MR) is 80.7 cm³/mol. The normalized spacial score (nSPS) is 34.9. The minimum Gasteiger partial charge on any atom is -0.281 e. The summed E-state index contributed by atoms with van der Waals surface area (Å²) in [5.74, 6) is -8.98. The van der Waals surface area contributed by atoms with Gasteiger partial charge in [0, 0.05) is 0 Å². The molecular weight excluding hydrogens is 426 g/mol. The molecule has 1 N–H and O–H groups in total. The molecule has 0 heterocycles. The third-order valence-electron chi connectivity index (χ3n) is 6.28. The minimum absolute atomic E-state index is 0.262. The molecule has 4 saturated carbocycles. The summed E-state index contributed by atoms with van der Waals surface area (Å²) in [5, 5.41) is -13.0. The average Bonchev–Trinajstić information content (AvgIpc) is 2.48. The quantitative estimate of drug-likeness (QED) is 0.502. The highest BCUT2D eigenvalue weighted by Crippen LogP contribution is 2.58. The molecule has 4 aliphatic carbocycles. The Labute approximate surface area is 152 Å². The Balaban J connectivity index is 1.89. The zero-order chi connectivity index (χ0) is 20.6. The standard InChI is InChI=1S/C14H18F6O5S2/c15-12(16,14(19,20)27(23,24)25)13(17,18)26(21,22)6-11-9-2-7-1-8(4-9)5-10(11)3-7/h7-11H,1-6H2,(H,23,24,25). The van der Waals surface area contributed by atoms with Crippen molar-refractivity contribution in [2.24, 2.45) is 29.6 Å². The summed E-state index contributed by atoms with van der Waals surface area (Å²) in [7, 11) is -13.1. The first kappa shape index (κ1) is 21.2. The summed E-state index contributed by atoms with van der Waals surface area (Å²) in [4.78, 5) is 0. The molecule has 4 fully saturated rings. The summed E-state index contributed by atoms with van der Waals surface area (Å²) in [6.07, 6.45) is 3.28. The van der Waals surface area contributed by atoms with Gasteiger partial charge in [0.2, 0.25) is 9.84 Å². The first-order valence-electron chi connectivity index (χ1n) is 8.34. The van der Waals surface area contributed by atoms with Gasteiger partial charge in [-0.05, 0) is 61.7 Å². The van der Waals surface area contributed by atoms with Crippen molar-refractivity contribution >= 4 is 20.0 Å². The molecule has 0 amide bonds. The van der Waals surface area contributed by atoms with Gasteiger partial charge in [-0.2, -0.15) is 34.8 Å². The van der Waals surface area contributed by atoms with Gasteiger partial charge in [0.25, 0.3) is 0 Å². The highest BCUT2D eigenvalue weighted by atomic mass is 32.2. The lowest BCUT2D eigenvalue weighted by Gasteiger charge is -2.54. The van der Waals surface area contributed by atoms with Crippen molar-refractivity contribution in [1.29, 1.82) is 0 Å². The molecule has 0 aliphatic heterocycles. The largest absolute Gasteiger partial charge is 0.439 e. The van der Waals surface area contributed by atoms with Crippen LogP contribution in [0, 0.1) is 29.6 Å². The van der Waals surface area contributed by atoms with Crippen molar-refractivity contribution in [2.75, 3.05) is 5.75 Å². The lowest BCUT2D eigenvalue weighted by Crippen LogP contribution is -2.61. The summed E-state index contributed by atoms with van der Waals surface area (Å²) < 4.78 is 135. The minimum atomic E-state index is -6.98. The van der Waals surface area contributed by atoms with Crippen LogP contribution in [0.2, 0.25) is 0 Å². The van der Waals surface area contributed by atoms with E-state index in [0.717, 1.165) is 6.42 Å². The van der Waals surface area contributed by atoms with E-state index in [-0.39, 0.29) is 11.8 Å². The number of halogens is 6. The van der Waals surface area contributed by atoms with Crippen LogP contribution in [0.4, 0.5) is 26.3 Å². The van der Waals surface area contributed by atoms with Crippen LogP contribution in [0.5, 0.6) is 0 Å². The second-order valence-electron chi connectivity index (χ2n) is 7.96. The van der Waals surface area contributed by atoms with Gasteiger partial charge in [-0.1, -0.05) is 0 Å². The first-order valence-corrected chi connectivity index (χ1v) is 11.4. The second kappa shape index (κ2) is 5.97. The summed E-state index contributed by atoms with van der Waals surface area (Å²) in [6, 6.07) is 0. The van der Waals surface area contributed by atoms with Gasteiger partial charge in [0.1, 0.15) is 0 Å². The molecule has 158 valence electrons. The van der Waals surface area contributed by atoms with Crippen LogP contribution < -0.4 is 0 Å². The van der Waals surface area contributed by atoms with E-state index in [9.17, 15) is 43.2 Å². The van der Waals surface area contributed by atoms with Crippen molar-refractivity contribution in [3.8, 4) is 0 Å². The number of hydrogen-bond acceptors (Lipinski definition) is 4. The molecule has 0 radical (unpaired) electrons. The lowest BCUT2D eigenvalue weighted by atomic mass is 9.52. The molecular formula is C14H18F6O5S2. The highest BCUT2D eigenvalue weighted by Gasteiger charge is 2.81. The molecule has 4 rings (SSSR count). The van der Waals surface area contributed by atoms with Crippen molar-refractivity contribution in [1.82, 2.24) is 0 Å². The number of sulfone groups is 1. The van der Waals surface area contributed by atoms with Gasteiger partial charge < -0.3 is 0 Å². The Morgan fingerprint density at radius 1 is 0.741 bits per heavy atom. The zero-order valence-corrected chi connectivity index (χ0v) is 15.4. The van der Waals surface area contributed by atoms with Gasteiger partial charge in [0.15, 0.2) is 0 Å². The van der Waals surface area contributed by atoms with Crippen LogP contribution in [0.1, 0.15) is 32.1 Å². The van der Waals surface area contributed by atoms with Gasteiger partial charge in [0.05, 0.1) is 5.75 Å². The zero-order valence-electron chi connectivity index (χ0n) is 13.8. The van der Waals surface area contributed by atoms with Crippen LogP contribution in [-0.2, 0) is 20.0 Å². The van der Waals surface area contributed by atoms with Crippen molar-refractivity contribution in [3.05, 3.63) is 0 Å². The van der Waals surface area contributed by atoms with Crippen LogP contribution in [0.3, 0.4) is 0 Å². The second-order valence-corrected chi connectivity index (χ2v) is 11.5. The molecule has 13 heteroatoms. The summed E-state index contributed by atoms with van der Waals surface area (Å²) in [5.41, 5.74) is 0. The molecule has 0 atom stereocenters. The van der Waals surface area contributed by atoms with Crippen molar-refractivity contribution in [3.63, 3.8) is 0 Å². The molecule has 0 spiro atoms. The smallest absolute Gasteiger partial charge is 0.281 e. The summed E-state index contributed by atoms with van der Waals surface area (Å²) in [6.45, 7) is 0. The Hall–Kier alpha value is -0.560. The van der Waals surface area contributed by atoms with E-state index in [2.05, 4.69) is 0 Å². The Kier molecular flexibility index (Phi) is 4.68. The van der Waals surface area contributed by atoms with E-state index in [0.29, 0.717) is 37.5 Å².